The van der Waals surface area contributed by atoms with Gasteiger partial charge >= 0.3 is 11.9 Å². The fourth-order valence-corrected chi connectivity index (χ4v) is 1.96. The SMILES string of the molecule is Cc1c(O)cccc1C(=O)Oc1cccc(C(=O)O)c1C. The lowest BCUT2D eigenvalue weighted by molar-refractivity contribution is 0.0685. The minimum atomic E-state index is -1.08. The van der Waals surface area contributed by atoms with Crippen LogP contribution in [0.2, 0.25) is 0 Å². The van der Waals surface area contributed by atoms with Crippen LogP contribution in [0.15, 0.2) is 36.4 Å². The van der Waals surface area contributed by atoms with Crippen molar-refractivity contribution in [2.24, 2.45) is 0 Å². The van der Waals surface area contributed by atoms with Gasteiger partial charge in [0.2, 0.25) is 0 Å². The number of phenols is 1. The molecule has 108 valence electrons. The average molecular weight is 286 g/mol. The molecule has 0 saturated carbocycles. The van der Waals surface area contributed by atoms with E-state index in [2.05, 4.69) is 0 Å². The number of ether oxygens (including phenoxy) is 1. The summed E-state index contributed by atoms with van der Waals surface area (Å²) in [6, 6.07) is 9.02. The highest BCUT2D eigenvalue weighted by Gasteiger charge is 2.17. The van der Waals surface area contributed by atoms with Gasteiger partial charge in [0.1, 0.15) is 11.5 Å². The summed E-state index contributed by atoms with van der Waals surface area (Å²) in [5.74, 6) is -1.55. The third-order valence-corrected chi connectivity index (χ3v) is 3.24. The van der Waals surface area contributed by atoms with E-state index in [0.717, 1.165) is 0 Å². The molecule has 2 N–H and O–H groups in total. The molecule has 0 radical (unpaired) electrons. The van der Waals surface area contributed by atoms with E-state index in [1.54, 1.807) is 19.9 Å². The smallest absolute Gasteiger partial charge is 0.343 e. The van der Waals surface area contributed by atoms with Crippen molar-refractivity contribution in [2.45, 2.75) is 13.8 Å². The zero-order valence-corrected chi connectivity index (χ0v) is 11.6. The largest absolute Gasteiger partial charge is 0.508 e. The Morgan fingerprint density at radius 3 is 2.24 bits per heavy atom. The number of carboxylic acid groups (broad SMARTS) is 1. The van der Waals surface area contributed by atoms with E-state index < -0.39 is 11.9 Å². The summed E-state index contributed by atoms with van der Waals surface area (Å²) in [4.78, 5) is 23.2. The first-order chi connectivity index (χ1) is 9.91. The van der Waals surface area contributed by atoms with Crippen LogP contribution in [0.25, 0.3) is 0 Å². The van der Waals surface area contributed by atoms with Crippen LogP contribution in [-0.4, -0.2) is 22.2 Å². The molecule has 0 atom stereocenters. The van der Waals surface area contributed by atoms with Gasteiger partial charge in [0.15, 0.2) is 0 Å². The molecule has 2 rings (SSSR count). The second kappa shape index (κ2) is 5.66. The van der Waals surface area contributed by atoms with Crippen molar-refractivity contribution in [3.05, 3.63) is 58.7 Å². The Bertz CT molecular complexity index is 719. The van der Waals surface area contributed by atoms with Crippen molar-refractivity contribution < 1.29 is 24.5 Å². The van der Waals surface area contributed by atoms with Crippen LogP contribution in [-0.2, 0) is 0 Å². The highest BCUT2D eigenvalue weighted by molar-refractivity contribution is 5.94. The maximum atomic E-state index is 12.1. The Morgan fingerprint density at radius 1 is 0.952 bits per heavy atom. The fraction of sp³-hybridized carbons (Fsp3) is 0.125. The molecule has 2 aromatic carbocycles. The van der Waals surface area contributed by atoms with Gasteiger partial charge in [0.25, 0.3) is 0 Å². The van der Waals surface area contributed by atoms with E-state index in [1.165, 1.54) is 30.3 Å². The summed E-state index contributed by atoms with van der Waals surface area (Å²) in [7, 11) is 0. The van der Waals surface area contributed by atoms with Gasteiger partial charge in [-0.25, -0.2) is 9.59 Å². The van der Waals surface area contributed by atoms with Gasteiger partial charge in [-0.05, 0) is 38.1 Å². The summed E-state index contributed by atoms with van der Waals surface area (Å²) in [6.45, 7) is 3.17. The topological polar surface area (TPSA) is 83.8 Å². The van der Waals surface area contributed by atoms with Crippen LogP contribution in [0.3, 0.4) is 0 Å². The number of hydrogen-bond acceptors (Lipinski definition) is 4. The first kappa shape index (κ1) is 14.6. The van der Waals surface area contributed by atoms with E-state index in [-0.39, 0.29) is 22.6 Å². The molecular weight excluding hydrogens is 272 g/mol. The van der Waals surface area contributed by atoms with Crippen molar-refractivity contribution in [3.8, 4) is 11.5 Å². The lowest BCUT2D eigenvalue weighted by atomic mass is 10.1. The standard InChI is InChI=1S/C16H14O5/c1-9-12(6-3-7-13(9)17)16(20)21-14-8-4-5-11(10(14)2)15(18)19/h3-8,17H,1-2H3,(H,18,19). The molecule has 5 nitrogen and oxygen atoms in total. The van der Waals surface area contributed by atoms with Crippen molar-refractivity contribution in [3.63, 3.8) is 0 Å². The Balaban J connectivity index is 2.34. The molecule has 0 spiro atoms. The number of esters is 1. The van der Waals surface area contributed by atoms with E-state index >= 15 is 0 Å². The third kappa shape index (κ3) is 2.86. The van der Waals surface area contributed by atoms with Crippen LogP contribution in [0, 0.1) is 13.8 Å². The minimum absolute atomic E-state index is 0.000425. The lowest BCUT2D eigenvalue weighted by Gasteiger charge is -2.11. The lowest BCUT2D eigenvalue weighted by Crippen LogP contribution is -2.12. The first-order valence-electron chi connectivity index (χ1n) is 6.25. The van der Waals surface area contributed by atoms with Crippen LogP contribution in [0.4, 0.5) is 0 Å². The van der Waals surface area contributed by atoms with E-state index in [4.69, 9.17) is 9.84 Å². The van der Waals surface area contributed by atoms with Crippen molar-refractivity contribution in [1.29, 1.82) is 0 Å². The molecule has 2 aromatic rings. The number of aromatic carboxylic acids is 1. The summed E-state index contributed by atoms with van der Waals surface area (Å²) in [5, 5.41) is 18.6. The maximum absolute atomic E-state index is 12.1. The van der Waals surface area contributed by atoms with Crippen molar-refractivity contribution in [2.75, 3.05) is 0 Å². The number of aromatic hydroxyl groups is 1. The highest BCUT2D eigenvalue weighted by Crippen LogP contribution is 2.25. The monoisotopic (exact) mass is 286 g/mol. The quantitative estimate of drug-likeness (QED) is 0.669. The number of carboxylic acids is 1. The van der Waals surface area contributed by atoms with Crippen molar-refractivity contribution in [1.82, 2.24) is 0 Å². The van der Waals surface area contributed by atoms with E-state index in [9.17, 15) is 14.7 Å². The summed E-state index contributed by atoms with van der Waals surface area (Å²) in [6.07, 6.45) is 0. The molecule has 0 aliphatic heterocycles. The molecule has 21 heavy (non-hydrogen) atoms. The Morgan fingerprint density at radius 2 is 1.57 bits per heavy atom. The van der Waals surface area contributed by atoms with Crippen LogP contribution in [0.1, 0.15) is 31.8 Å². The number of rotatable bonds is 3. The molecule has 0 aliphatic rings. The number of carbonyl (C=O) groups excluding carboxylic acids is 1. The van der Waals surface area contributed by atoms with Gasteiger partial charge in [0.05, 0.1) is 11.1 Å². The number of phenolic OH excluding ortho intramolecular Hbond substituents is 1. The van der Waals surface area contributed by atoms with Gasteiger partial charge in [-0.1, -0.05) is 12.1 Å². The second-order valence-corrected chi connectivity index (χ2v) is 4.57. The summed E-state index contributed by atoms with van der Waals surface area (Å²) < 4.78 is 5.24. The Hall–Kier alpha value is -2.82. The maximum Gasteiger partial charge on any atom is 0.343 e. The number of carbonyl (C=O) groups is 2. The molecule has 0 saturated heterocycles. The van der Waals surface area contributed by atoms with Crippen LogP contribution >= 0.6 is 0 Å². The van der Waals surface area contributed by atoms with Gasteiger partial charge in [-0.3, -0.25) is 0 Å². The normalized spacial score (nSPS) is 10.2. The zero-order valence-electron chi connectivity index (χ0n) is 11.6. The van der Waals surface area contributed by atoms with Gasteiger partial charge in [-0.15, -0.1) is 0 Å². The molecule has 0 heterocycles. The first-order valence-corrected chi connectivity index (χ1v) is 6.25. The molecule has 0 aromatic heterocycles. The average Bonchev–Trinajstić information content (AvgIpc) is 2.43. The van der Waals surface area contributed by atoms with E-state index in [0.29, 0.717) is 11.1 Å². The summed E-state index contributed by atoms with van der Waals surface area (Å²) in [5.41, 5.74) is 1.09. The number of benzene rings is 2. The zero-order chi connectivity index (χ0) is 15.6. The Labute approximate surface area is 121 Å². The molecule has 0 unspecified atom stereocenters. The Kier molecular flexibility index (Phi) is 3.93. The predicted octanol–water partition coefficient (Wildman–Crippen LogP) is 2.93. The molecule has 0 fully saturated rings. The van der Waals surface area contributed by atoms with E-state index in [1.807, 2.05) is 0 Å². The van der Waals surface area contributed by atoms with Gasteiger partial charge in [-0.2, -0.15) is 0 Å². The fourth-order valence-electron chi connectivity index (χ4n) is 1.96. The highest BCUT2D eigenvalue weighted by atomic mass is 16.5. The second-order valence-electron chi connectivity index (χ2n) is 4.57. The molecule has 5 heteroatoms. The van der Waals surface area contributed by atoms with Crippen LogP contribution in [0.5, 0.6) is 11.5 Å². The van der Waals surface area contributed by atoms with Gasteiger partial charge in [0, 0.05) is 11.1 Å². The van der Waals surface area contributed by atoms with Gasteiger partial charge < -0.3 is 14.9 Å². The number of hydrogen-bond donors (Lipinski definition) is 2. The third-order valence-electron chi connectivity index (χ3n) is 3.24. The predicted molar refractivity (Wildman–Crippen MR) is 75.9 cm³/mol. The van der Waals surface area contributed by atoms with Crippen molar-refractivity contribution >= 4 is 11.9 Å². The minimum Gasteiger partial charge on any atom is -0.508 e. The molecule has 0 aliphatic carbocycles. The summed E-state index contributed by atoms with van der Waals surface area (Å²) >= 11 is 0. The molecule has 0 bridgehead atoms. The molecule has 0 amide bonds. The van der Waals surface area contributed by atoms with Crippen LogP contribution < -0.4 is 4.74 Å². The molecular formula is C16H14O5.